The lowest BCUT2D eigenvalue weighted by Gasteiger charge is -2.33. The van der Waals surface area contributed by atoms with Gasteiger partial charge in [0.15, 0.2) is 0 Å². The molecule has 0 heterocycles. The summed E-state index contributed by atoms with van der Waals surface area (Å²) in [6.07, 6.45) is 0.931. The number of nitrogens with zero attached hydrogens (tertiary/aromatic N) is 1. The highest BCUT2D eigenvalue weighted by Crippen LogP contribution is 2.10. The molecule has 3 heteroatoms. The molecular formula is C12H20BrNO. The zero-order chi connectivity index (χ0) is 10.6. The average molecular weight is 274 g/mol. The van der Waals surface area contributed by atoms with Crippen LogP contribution in [0.25, 0.3) is 0 Å². The molecule has 1 rings (SSSR count). The standard InChI is InChI=1S/C12H20NO.BrH/c1-13(2,3)12(10-14)9-11-7-5-4-6-8-11;/h4-8,12,14H,9-10H2,1-3H3;1H/q+1;/p-1. The molecule has 1 aromatic carbocycles. The molecule has 1 N–H and O–H groups in total. The highest BCUT2D eigenvalue weighted by Gasteiger charge is 2.22. The molecule has 0 aliphatic heterocycles. The van der Waals surface area contributed by atoms with Gasteiger partial charge in [0.1, 0.15) is 6.04 Å². The highest BCUT2D eigenvalue weighted by molar-refractivity contribution is 5.15. The molecule has 0 amide bonds. The van der Waals surface area contributed by atoms with Crippen LogP contribution in [0.15, 0.2) is 30.3 Å². The van der Waals surface area contributed by atoms with Crippen molar-refractivity contribution in [2.24, 2.45) is 0 Å². The number of aliphatic hydroxyl groups excluding tert-OH is 1. The van der Waals surface area contributed by atoms with Crippen molar-refractivity contribution in [1.29, 1.82) is 0 Å². The summed E-state index contributed by atoms with van der Waals surface area (Å²) < 4.78 is 0.797. The molecule has 0 fully saturated rings. The maximum Gasteiger partial charge on any atom is 0.116 e. The van der Waals surface area contributed by atoms with Crippen LogP contribution in [0.2, 0.25) is 0 Å². The monoisotopic (exact) mass is 273 g/mol. The van der Waals surface area contributed by atoms with Crippen LogP contribution in [0.3, 0.4) is 0 Å². The Morgan fingerprint density at radius 2 is 1.67 bits per heavy atom. The minimum absolute atomic E-state index is 0. The largest absolute Gasteiger partial charge is 1.00 e. The van der Waals surface area contributed by atoms with Gasteiger partial charge in [0.05, 0.1) is 27.7 Å². The van der Waals surface area contributed by atoms with Crippen molar-refractivity contribution in [3.8, 4) is 0 Å². The molecule has 0 bridgehead atoms. The van der Waals surface area contributed by atoms with E-state index in [1.54, 1.807) is 0 Å². The van der Waals surface area contributed by atoms with Gasteiger partial charge in [0.25, 0.3) is 0 Å². The first-order valence-corrected chi connectivity index (χ1v) is 5.00. The number of benzene rings is 1. The molecule has 1 unspecified atom stereocenters. The summed E-state index contributed by atoms with van der Waals surface area (Å²) >= 11 is 0. The van der Waals surface area contributed by atoms with E-state index in [0.29, 0.717) is 0 Å². The molecule has 0 saturated heterocycles. The maximum absolute atomic E-state index is 9.31. The molecule has 86 valence electrons. The Kier molecular flexibility index (Phi) is 6.10. The molecule has 0 radical (unpaired) electrons. The quantitative estimate of drug-likeness (QED) is 0.649. The predicted octanol–water partition coefficient (Wildman–Crippen LogP) is -1.70. The van der Waals surface area contributed by atoms with Gasteiger partial charge in [-0.2, -0.15) is 0 Å². The number of hydrogen-bond donors (Lipinski definition) is 1. The lowest BCUT2D eigenvalue weighted by molar-refractivity contribution is -0.896. The number of rotatable bonds is 4. The Hall–Kier alpha value is -0.380. The van der Waals surface area contributed by atoms with E-state index >= 15 is 0 Å². The Bertz CT molecular complexity index is 269. The van der Waals surface area contributed by atoms with Gasteiger partial charge in [-0.05, 0) is 5.56 Å². The molecule has 2 nitrogen and oxygen atoms in total. The third kappa shape index (κ3) is 4.78. The smallest absolute Gasteiger partial charge is 0.116 e. The van der Waals surface area contributed by atoms with Crippen LogP contribution >= 0.6 is 0 Å². The van der Waals surface area contributed by atoms with E-state index in [1.807, 2.05) is 18.2 Å². The number of likely N-dealkylation sites (N-methyl/N-ethyl adjacent to an activating group) is 1. The molecule has 1 atom stereocenters. The van der Waals surface area contributed by atoms with Crippen LogP contribution in [-0.2, 0) is 6.42 Å². The summed E-state index contributed by atoms with van der Waals surface area (Å²) in [4.78, 5) is 0. The molecule has 0 spiro atoms. The first-order valence-electron chi connectivity index (χ1n) is 5.00. The van der Waals surface area contributed by atoms with Crippen LogP contribution in [0.1, 0.15) is 5.56 Å². The van der Waals surface area contributed by atoms with E-state index in [2.05, 4.69) is 33.3 Å². The normalized spacial score (nSPS) is 13.1. The summed E-state index contributed by atoms with van der Waals surface area (Å²) in [6.45, 7) is 0.235. The van der Waals surface area contributed by atoms with Gasteiger partial charge in [0, 0.05) is 6.42 Å². The number of hydrogen-bond acceptors (Lipinski definition) is 1. The van der Waals surface area contributed by atoms with Gasteiger partial charge in [-0.25, -0.2) is 0 Å². The Labute approximate surface area is 103 Å². The number of halogens is 1. The second kappa shape index (κ2) is 6.26. The lowest BCUT2D eigenvalue weighted by Crippen LogP contribution is -3.00. The van der Waals surface area contributed by atoms with Crippen molar-refractivity contribution in [3.05, 3.63) is 35.9 Å². The molecule has 0 aliphatic rings. The summed E-state index contributed by atoms with van der Waals surface area (Å²) in [6, 6.07) is 10.6. The SMILES string of the molecule is C[N+](C)(C)C(CO)Cc1ccccc1.[Br-]. The maximum atomic E-state index is 9.31. The first kappa shape index (κ1) is 14.6. The molecule has 0 aromatic heterocycles. The van der Waals surface area contributed by atoms with Gasteiger partial charge < -0.3 is 26.6 Å². The topological polar surface area (TPSA) is 20.2 Å². The molecule has 0 aliphatic carbocycles. The Balaban J connectivity index is 0.00000196. The second-order valence-electron chi connectivity index (χ2n) is 4.64. The fraction of sp³-hybridized carbons (Fsp3) is 0.500. The fourth-order valence-electron chi connectivity index (χ4n) is 1.47. The first-order chi connectivity index (χ1) is 6.54. The second-order valence-corrected chi connectivity index (χ2v) is 4.64. The lowest BCUT2D eigenvalue weighted by atomic mass is 10.0. The van der Waals surface area contributed by atoms with Gasteiger partial charge >= 0.3 is 0 Å². The summed E-state index contributed by atoms with van der Waals surface area (Å²) in [5, 5.41) is 9.31. The zero-order valence-electron chi connectivity index (χ0n) is 9.65. The van der Waals surface area contributed by atoms with E-state index in [0.717, 1.165) is 10.9 Å². The van der Waals surface area contributed by atoms with Crippen LogP contribution in [0.5, 0.6) is 0 Å². The molecule has 1 aromatic rings. The van der Waals surface area contributed by atoms with Crippen LogP contribution in [0, 0.1) is 0 Å². The Morgan fingerprint density at radius 3 is 2.07 bits per heavy atom. The van der Waals surface area contributed by atoms with Crippen LogP contribution in [0.4, 0.5) is 0 Å². The van der Waals surface area contributed by atoms with E-state index in [9.17, 15) is 5.11 Å². The number of aliphatic hydroxyl groups is 1. The number of quaternary nitrogens is 1. The van der Waals surface area contributed by atoms with Gasteiger partial charge in [-0.1, -0.05) is 30.3 Å². The minimum Gasteiger partial charge on any atom is -1.00 e. The summed E-state index contributed by atoms with van der Waals surface area (Å²) in [7, 11) is 6.34. The molecule has 0 saturated carbocycles. The van der Waals surface area contributed by atoms with Gasteiger partial charge in [-0.15, -0.1) is 0 Å². The fourth-order valence-corrected chi connectivity index (χ4v) is 1.47. The van der Waals surface area contributed by atoms with Crippen LogP contribution in [-0.4, -0.2) is 43.4 Å². The molecule has 15 heavy (non-hydrogen) atoms. The minimum atomic E-state index is 0. The zero-order valence-corrected chi connectivity index (χ0v) is 11.2. The van der Waals surface area contributed by atoms with Crippen molar-refractivity contribution >= 4 is 0 Å². The molecular weight excluding hydrogens is 254 g/mol. The third-order valence-electron chi connectivity index (χ3n) is 2.62. The summed E-state index contributed by atoms with van der Waals surface area (Å²) in [5.41, 5.74) is 1.29. The van der Waals surface area contributed by atoms with Crippen molar-refractivity contribution in [1.82, 2.24) is 0 Å². The van der Waals surface area contributed by atoms with Crippen molar-refractivity contribution in [2.45, 2.75) is 12.5 Å². The van der Waals surface area contributed by atoms with E-state index < -0.39 is 0 Å². The third-order valence-corrected chi connectivity index (χ3v) is 2.62. The summed E-state index contributed by atoms with van der Waals surface area (Å²) in [5.74, 6) is 0. The Morgan fingerprint density at radius 1 is 1.13 bits per heavy atom. The average Bonchev–Trinajstić information content (AvgIpc) is 2.14. The van der Waals surface area contributed by atoms with Crippen molar-refractivity contribution in [3.63, 3.8) is 0 Å². The van der Waals surface area contributed by atoms with E-state index in [-0.39, 0.29) is 29.6 Å². The highest BCUT2D eigenvalue weighted by atomic mass is 79.9. The van der Waals surface area contributed by atoms with Gasteiger partial charge in [-0.3, -0.25) is 0 Å². The predicted molar refractivity (Wildman–Crippen MR) is 59.1 cm³/mol. The van der Waals surface area contributed by atoms with E-state index in [4.69, 9.17) is 0 Å². The van der Waals surface area contributed by atoms with Crippen molar-refractivity contribution in [2.75, 3.05) is 27.7 Å². The van der Waals surface area contributed by atoms with Crippen LogP contribution < -0.4 is 17.0 Å². The van der Waals surface area contributed by atoms with Crippen molar-refractivity contribution < 1.29 is 26.6 Å². The van der Waals surface area contributed by atoms with Gasteiger partial charge in [0.2, 0.25) is 0 Å². The van der Waals surface area contributed by atoms with E-state index in [1.165, 1.54) is 5.56 Å².